The number of aldehydes is 1. The largest absolute Gasteiger partial charge is 0.303 e. The summed E-state index contributed by atoms with van der Waals surface area (Å²) in [6.07, 6.45) is 3.30. The number of thioether (sulfide) groups is 2. The Kier molecular flexibility index (Phi) is 4.96. The summed E-state index contributed by atoms with van der Waals surface area (Å²) in [5, 5.41) is 0. The zero-order chi connectivity index (χ0) is 9.68. The van der Waals surface area contributed by atoms with E-state index in [1.807, 2.05) is 30.4 Å². The topological polar surface area (TPSA) is 17.1 Å². The third kappa shape index (κ3) is 3.77. The molecular weight excluding hydrogens is 200 g/mol. The van der Waals surface area contributed by atoms with Crippen molar-refractivity contribution in [3.05, 3.63) is 12.2 Å². The van der Waals surface area contributed by atoms with Crippen LogP contribution in [0.15, 0.2) is 12.2 Å². The zero-order valence-corrected chi connectivity index (χ0v) is 9.63. The van der Waals surface area contributed by atoms with Crippen LogP contribution in [-0.2, 0) is 4.79 Å². The van der Waals surface area contributed by atoms with E-state index in [-0.39, 0.29) is 5.92 Å². The van der Waals surface area contributed by atoms with Gasteiger partial charge in [-0.05, 0) is 24.3 Å². The van der Waals surface area contributed by atoms with Crippen molar-refractivity contribution in [1.82, 2.24) is 0 Å². The third-order valence-corrected chi connectivity index (χ3v) is 5.12. The summed E-state index contributed by atoms with van der Waals surface area (Å²) in [6.45, 7) is 5.89. The summed E-state index contributed by atoms with van der Waals surface area (Å²) < 4.78 is 0.642. The van der Waals surface area contributed by atoms with Crippen molar-refractivity contribution in [2.75, 3.05) is 11.5 Å². The van der Waals surface area contributed by atoms with Gasteiger partial charge in [0.05, 0.1) is 4.58 Å². The van der Waals surface area contributed by atoms with Crippen LogP contribution in [0.25, 0.3) is 0 Å². The van der Waals surface area contributed by atoms with Gasteiger partial charge in [0.15, 0.2) is 0 Å². The highest BCUT2D eigenvalue weighted by Gasteiger charge is 2.17. The summed E-state index contributed by atoms with van der Waals surface area (Å²) >= 11 is 4.01. The van der Waals surface area contributed by atoms with E-state index < -0.39 is 0 Å². The van der Waals surface area contributed by atoms with Crippen LogP contribution in [0.5, 0.6) is 0 Å². The van der Waals surface area contributed by atoms with E-state index in [0.717, 1.165) is 18.3 Å². The Hall–Kier alpha value is 0.110. The van der Waals surface area contributed by atoms with Crippen molar-refractivity contribution >= 4 is 29.8 Å². The molecule has 1 fully saturated rings. The maximum Gasteiger partial charge on any atom is 0.126 e. The molecule has 0 radical (unpaired) electrons. The number of carbonyl (C=O) groups excluding carboxylic acids is 1. The molecule has 1 heterocycles. The first-order valence-electron chi connectivity index (χ1n) is 4.60. The Balaban J connectivity index is 2.29. The molecule has 1 aliphatic rings. The van der Waals surface area contributed by atoms with E-state index in [2.05, 4.69) is 6.58 Å². The van der Waals surface area contributed by atoms with Gasteiger partial charge in [-0.3, -0.25) is 0 Å². The fourth-order valence-electron chi connectivity index (χ4n) is 1.15. The third-order valence-electron chi connectivity index (χ3n) is 2.17. The van der Waals surface area contributed by atoms with E-state index in [1.54, 1.807) is 0 Å². The highest BCUT2D eigenvalue weighted by Crippen LogP contribution is 2.35. The van der Waals surface area contributed by atoms with Crippen LogP contribution >= 0.6 is 23.5 Å². The normalized spacial score (nSPS) is 21.0. The van der Waals surface area contributed by atoms with Crippen LogP contribution in [0.4, 0.5) is 0 Å². The lowest BCUT2D eigenvalue weighted by molar-refractivity contribution is -0.109. The second kappa shape index (κ2) is 5.76. The monoisotopic (exact) mass is 216 g/mol. The Morgan fingerprint density at radius 2 is 2.23 bits per heavy atom. The van der Waals surface area contributed by atoms with Gasteiger partial charge < -0.3 is 4.79 Å². The second-order valence-electron chi connectivity index (χ2n) is 3.31. The van der Waals surface area contributed by atoms with Crippen LogP contribution in [0, 0.1) is 5.92 Å². The fourth-order valence-corrected chi connectivity index (χ4v) is 4.11. The van der Waals surface area contributed by atoms with Gasteiger partial charge in [0, 0.05) is 5.92 Å². The standard InChI is InChI=1S/C10H16OS2/c1-8(9(2)7-11)6-10-12-4-3-5-13-10/h7,9-10H,1,3-6H2,2H3/t9-/m1/s1. The maximum absolute atomic E-state index is 10.5. The van der Waals surface area contributed by atoms with Crippen LogP contribution in [0.1, 0.15) is 19.8 Å². The molecule has 0 aromatic heterocycles. The summed E-state index contributed by atoms with van der Waals surface area (Å²) in [4.78, 5) is 10.5. The molecule has 3 heteroatoms. The molecule has 0 aliphatic carbocycles. The molecule has 0 spiro atoms. The Morgan fingerprint density at radius 3 is 2.77 bits per heavy atom. The molecule has 1 rings (SSSR count). The minimum Gasteiger partial charge on any atom is -0.303 e. The molecule has 0 aromatic carbocycles. The maximum atomic E-state index is 10.5. The summed E-state index contributed by atoms with van der Waals surface area (Å²) in [5.41, 5.74) is 1.09. The molecule has 1 nitrogen and oxygen atoms in total. The zero-order valence-electron chi connectivity index (χ0n) is 7.99. The molecule has 74 valence electrons. The average Bonchev–Trinajstić information content (AvgIpc) is 2.18. The van der Waals surface area contributed by atoms with Crippen LogP contribution in [0.2, 0.25) is 0 Å². The van der Waals surface area contributed by atoms with Crippen molar-refractivity contribution in [3.63, 3.8) is 0 Å². The molecule has 1 aliphatic heterocycles. The fraction of sp³-hybridized carbons (Fsp3) is 0.700. The second-order valence-corrected chi connectivity index (χ2v) is 6.23. The van der Waals surface area contributed by atoms with Gasteiger partial charge in [0.2, 0.25) is 0 Å². The number of allylic oxidation sites excluding steroid dienone is 1. The van der Waals surface area contributed by atoms with E-state index >= 15 is 0 Å². The van der Waals surface area contributed by atoms with Gasteiger partial charge in [-0.25, -0.2) is 0 Å². The summed E-state index contributed by atoms with van der Waals surface area (Å²) in [7, 11) is 0. The van der Waals surface area contributed by atoms with E-state index in [4.69, 9.17) is 0 Å². The molecule has 0 saturated carbocycles. The number of hydrogen-bond donors (Lipinski definition) is 0. The lowest BCUT2D eigenvalue weighted by atomic mass is 10.0. The molecule has 0 aromatic rings. The molecule has 1 saturated heterocycles. The highest BCUT2D eigenvalue weighted by atomic mass is 32.2. The molecule has 0 bridgehead atoms. The van der Waals surface area contributed by atoms with Crippen LogP contribution in [-0.4, -0.2) is 22.4 Å². The van der Waals surface area contributed by atoms with E-state index in [1.165, 1.54) is 17.9 Å². The first-order chi connectivity index (χ1) is 6.24. The van der Waals surface area contributed by atoms with Gasteiger partial charge >= 0.3 is 0 Å². The van der Waals surface area contributed by atoms with Gasteiger partial charge in [0.25, 0.3) is 0 Å². The summed E-state index contributed by atoms with van der Waals surface area (Å²) in [6, 6.07) is 0. The lowest BCUT2D eigenvalue weighted by Crippen LogP contribution is -2.10. The Bertz CT molecular complexity index is 185. The first kappa shape index (κ1) is 11.2. The minimum absolute atomic E-state index is 0.0307. The van der Waals surface area contributed by atoms with E-state index in [0.29, 0.717) is 4.58 Å². The number of hydrogen-bond acceptors (Lipinski definition) is 3. The van der Waals surface area contributed by atoms with Crippen molar-refractivity contribution in [2.45, 2.75) is 24.3 Å². The Morgan fingerprint density at radius 1 is 1.62 bits per heavy atom. The molecule has 0 N–H and O–H groups in total. The lowest BCUT2D eigenvalue weighted by Gasteiger charge is -2.22. The van der Waals surface area contributed by atoms with E-state index in [9.17, 15) is 4.79 Å². The SMILES string of the molecule is C=C(CC1SCCCS1)[C@H](C)C=O. The van der Waals surface area contributed by atoms with Gasteiger partial charge in [-0.2, -0.15) is 0 Å². The molecule has 0 unspecified atom stereocenters. The molecule has 0 amide bonds. The summed E-state index contributed by atoms with van der Waals surface area (Å²) in [5.74, 6) is 2.56. The van der Waals surface area contributed by atoms with Crippen molar-refractivity contribution in [3.8, 4) is 0 Å². The molecular formula is C10H16OS2. The van der Waals surface area contributed by atoms with Crippen molar-refractivity contribution in [1.29, 1.82) is 0 Å². The number of carbonyl (C=O) groups is 1. The van der Waals surface area contributed by atoms with Gasteiger partial charge in [-0.15, -0.1) is 23.5 Å². The van der Waals surface area contributed by atoms with Crippen LogP contribution < -0.4 is 0 Å². The van der Waals surface area contributed by atoms with Crippen LogP contribution in [0.3, 0.4) is 0 Å². The predicted octanol–water partition coefficient (Wildman–Crippen LogP) is 2.96. The molecule has 13 heavy (non-hydrogen) atoms. The van der Waals surface area contributed by atoms with Gasteiger partial charge in [0.1, 0.15) is 6.29 Å². The quantitative estimate of drug-likeness (QED) is 0.531. The van der Waals surface area contributed by atoms with Crippen molar-refractivity contribution < 1.29 is 4.79 Å². The smallest absolute Gasteiger partial charge is 0.126 e. The van der Waals surface area contributed by atoms with Gasteiger partial charge in [-0.1, -0.05) is 19.1 Å². The Labute approximate surface area is 88.7 Å². The van der Waals surface area contributed by atoms with Crippen molar-refractivity contribution in [2.24, 2.45) is 5.92 Å². The minimum atomic E-state index is 0.0307. The average molecular weight is 216 g/mol. The highest BCUT2D eigenvalue weighted by molar-refractivity contribution is 8.17. The number of rotatable bonds is 4. The molecule has 1 atom stereocenters. The first-order valence-corrected chi connectivity index (χ1v) is 6.70. The predicted molar refractivity (Wildman–Crippen MR) is 62.3 cm³/mol.